The van der Waals surface area contributed by atoms with Gasteiger partial charge in [0.1, 0.15) is 5.69 Å². The van der Waals surface area contributed by atoms with Gasteiger partial charge in [-0.25, -0.2) is 4.98 Å². The maximum atomic E-state index is 12.0. The number of pyridine rings is 1. The Balaban J connectivity index is 2.07. The fourth-order valence-electron chi connectivity index (χ4n) is 1.83. The van der Waals surface area contributed by atoms with Gasteiger partial charge in [0.25, 0.3) is 5.91 Å². The second kappa shape index (κ2) is 7.04. The molecule has 6 heteroatoms. The summed E-state index contributed by atoms with van der Waals surface area (Å²) in [6.45, 7) is 2.47. The molecule has 2 N–H and O–H groups in total. The van der Waals surface area contributed by atoms with Crippen molar-refractivity contribution in [1.82, 2.24) is 15.6 Å². The van der Waals surface area contributed by atoms with Gasteiger partial charge >= 0.3 is 0 Å². The second-order valence-corrected chi connectivity index (χ2v) is 4.95. The summed E-state index contributed by atoms with van der Waals surface area (Å²) in [6.07, 6.45) is 0.849. The summed E-state index contributed by atoms with van der Waals surface area (Å²) in [6, 6.07) is 8.80. The zero-order valence-electron chi connectivity index (χ0n) is 11.6. The first-order chi connectivity index (χ1) is 10.1. The molecule has 5 nitrogen and oxygen atoms in total. The van der Waals surface area contributed by atoms with E-state index in [1.165, 1.54) is 6.07 Å². The number of halogens is 1. The molecule has 0 saturated carbocycles. The number of nitrogens with one attached hydrogen (secondary N) is 2. The number of hydrogen-bond acceptors (Lipinski definition) is 3. The number of aromatic nitrogens is 1. The Morgan fingerprint density at radius 3 is 2.76 bits per heavy atom. The lowest BCUT2D eigenvalue weighted by molar-refractivity contribution is -0.120. The topological polar surface area (TPSA) is 71.1 Å². The normalized spacial score (nSPS) is 10.4. The van der Waals surface area contributed by atoms with E-state index in [1.807, 2.05) is 25.1 Å². The molecule has 1 heterocycles. The highest BCUT2D eigenvalue weighted by Crippen LogP contribution is 2.22. The number of fused-ring (bicyclic) bond motifs is 1. The van der Waals surface area contributed by atoms with Crippen LogP contribution >= 0.6 is 11.6 Å². The lowest BCUT2D eigenvalue weighted by atomic mass is 10.2. The third-order valence-electron chi connectivity index (χ3n) is 2.88. The molecule has 0 fully saturated rings. The van der Waals surface area contributed by atoms with Crippen LogP contribution in [0.25, 0.3) is 10.9 Å². The van der Waals surface area contributed by atoms with E-state index in [-0.39, 0.29) is 18.1 Å². The number of hydrogen-bond donors (Lipinski definition) is 2. The Kier molecular flexibility index (Phi) is 5.11. The molecule has 1 aromatic heterocycles. The highest BCUT2D eigenvalue weighted by atomic mass is 35.5. The monoisotopic (exact) mass is 305 g/mol. The zero-order valence-corrected chi connectivity index (χ0v) is 12.4. The average Bonchev–Trinajstić information content (AvgIpc) is 2.50. The van der Waals surface area contributed by atoms with Crippen molar-refractivity contribution in [1.29, 1.82) is 0 Å². The highest BCUT2D eigenvalue weighted by molar-refractivity contribution is 6.35. The predicted molar refractivity (Wildman–Crippen MR) is 82.4 cm³/mol. The Labute approximate surface area is 127 Å². The maximum Gasteiger partial charge on any atom is 0.270 e. The van der Waals surface area contributed by atoms with Gasteiger partial charge in [-0.2, -0.15) is 0 Å². The number of carbonyl (C=O) groups is 2. The quantitative estimate of drug-likeness (QED) is 0.889. The lowest BCUT2D eigenvalue weighted by Gasteiger charge is -2.07. The molecule has 0 radical (unpaired) electrons. The minimum Gasteiger partial charge on any atom is -0.355 e. The van der Waals surface area contributed by atoms with Gasteiger partial charge in [-0.1, -0.05) is 36.7 Å². The van der Waals surface area contributed by atoms with Crippen molar-refractivity contribution in [3.8, 4) is 0 Å². The largest absolute Gasteiger partial charge is 0.355 e. The molecule has 0 aliphatic rings. The van der Waals surface area contributed by atoms with Crippen molar-refractivity contribution in [2.45, 2.75) is 13.3 Å². The molecule has 2 aromatic rings. The highest BCUT2D eigenvalue weighted by Gasteiger charge is 2.12. The van der Waals surface area contributed by atoms with Gasteiger partial charge in [0.05, 0.1) is 17.1 Å². The van der Waals surface area contributed by atoms with Crippen molar-refractivity contribution in [2.75, 3.05) is 13.1 Å². The van der Waals surface area contributed by atoms with Gasteiger partial charge in [-0.3, -0.25) is 9.59 Å². The molecule has 0 atom stereocenters. The van der Waals surface area contributed by atoms with Crippen molar-refractivity contribution in [3.63, 3.8) is 0 Å². The molecule has 2 amide bonds. The summed E-state index contributed by atoms with van der Waals surface area (Å²) in [4.78, 5) is 27.7. The van der Waals surface area contributed by atoms with Crippen LogP contribution in [-0.2, 0) is 4.79 Å². The van der Waals surface area contributed by atoms with E-state index in [0.29, 0.717) is 17.1 Å². The van der Waals surface area contributed by atoms with E-state index in [4.69, 9.17) is 11.6 Å². The first-order valence-corrected chi connectivity index (χ1v) is 7.09. The lowest BCUT2D eigenvalue weighted by Crippen LogP contribution is -2.37. The van der Waals surface area contributed by atoms with Gasteiger partial charge in [0.2, 0.25) is 5.91 Å². The van der Waals surface area contributed by atoms with E-state index in [9.17, 15) is 9.59 Å². The van der Waals surface area contributed by atoms with Crippen LogP contribution in [0.3, 0.4) is 0 Å². The van der Waals surface area contributed by atoms with Crippen LogP contribution in [-0.4, -0.2) is 29.9 Å². The van der Waals surface area contributed by atoms with Crippen molar-refractivity contribution in [3.05, 3.63) is 41.0 Å². The van der Waals surface area contributed by atoms with Crippen molar-refractivity contribution < 1.29 is 9.59 Å². The van der Waals surface area contributed by atoms with E-state index >= 15 is 0 Å². The Bertz CT molecular complexity index is 673. The van der Waals surface area contributed by atoms with Gasteiger partial charge in [0, 0.05) is 11.9 Å². The third-order valence-corrected chi connectivity index (χ3v) is 3.19. The molecule has 2 rings (SSSR count). The number of para-hydroxylation sites is 1. The van der Waals surface area contributed by atoms with Gasteiger partial charge < -0.3 is 10.6 Å². The predicted octanol–water partition coefficient (Wildman–Crippen LogP) is 2.14. The van der Waals surface area contributed by atoms with Gasteiger partial charge in [-0.05, 0) is 18.6 Å². The summed E-state index contributed by atoms with van der Waals surface area (Å²) in [5.41, 5.74) is 0.840. The van der Waals surface area contributed by atoms with E-state index < -0.39 is 5.91 Å². The van der Waals surface area contributed by atoms with Crippen molar-refractivity contribution >= 4 is 34.3 Å². The fourth-order valence-corrected chi connectivity index (χ4v) is 2.09. The van der Waals surface area contributed by atoms with E-state index in [0.717, 1.165) is 11.8 Å². The molecule has 0 aliphatic heterocycles. The molecule has 110 valence electrons. The first kappa shape index (κ1) is 15.3. The fraction of sp³-hybridized carbons (Fsp3) is 0.267. The number of rotatable bonds is 5. The van der Waals surface area contributed by atoms with Crippen LogP contribution < -0.4 is 10.6 Å². The number of amides is 2. The van der Waals surface area contributed by atoms with E-state index in [1.54, 1.807) is 6.07 Å². The SMILES string of the molecule is CCCNC(=O)CNC(=O)c1cc(Cl)c2ccccc2n1. The first-order valence-electron chi connectivity index (χ1n) is 6.72. The number of benzene rings is 1. The minimum atomic E-state index is -0.422. The summed E-state index contributed by atoms with van der Waals surface area (Å²) >= 11 is 6.14. The van der Waals surface area contributed by atoms with Crippen LogP contribution in [0.15, 0.2) is 30.3 Å². The van der Waals surface area contributed by atoms with Gasteiger partial charge in [-0.15, -0.1) is 0 Å². The summed E-state index contributed by atoms with van der Waals surface area (Å²) < 4.78 is 0. The number of carbonyl (C=O) groups excluding carboxylic acids is 2. The second-order valence-electron chi connectivity index (χ2n) is 4.54. The van der Waals surface area contributed by atoms with Crippen LogP contribution in [0.5, 0.6) is 0 Å². The summed E-state index contributed by atoms with van der Waals surface area (Å²) in [5.74, 6) is -0.647. The molecular formula is C15H16ClN3O2. The van der Waals surface area contributed by atoms with Gasteiger partial charge in [0.15, 0.2) is 0 Å². The Morgan fingerprint density at radius 2 is 2.00 bits per heavy atom. The molecule has 1 aromatic carbocycles. The van der Waals surface area contributed by atoms with Crippen LogP contribution in [0.4, 0.5) is 0 Å². The van der Waals surface area contributed by atoms with Crippen LogP contribution in [0.1, 0.15) is 23.8 Å². The van der Waals surface area contributed by atoms with E-state index in [2.05, 4.69) is 15.6 Å². The van der Waals surface area contributed by atoms with Crippen molar-refractivity contribution in [2.24, 2.45) is 0 Å². The maximum absolute atomic E-state index is 12.0. The molecule has 0 spiro atoms. The van der Waals surface area contributed by atoms with Crippen LogP contribution in [0.2, 0.25) is 5.02 Å². The summed E-state index contributed by atoms with van der Waals surface area (Å²) in [5, 5.41) is 6.46. The molecule has 21 heavy (non-hydrogen) atoms. The zero-order chi connectivity index (χ0) is 15.2. The molecular weight excluding hydrogens is 290 g/mol. The summed E-state index contributed by atoms with van der Waals surface area (Å²) in [7, 11) is 0. The standard InChI is InChI=1S/C15H16ClN3O2/c1-2-7-17-14(20)9-18-15(21)13-8-11(16)10-5-3-4-6-12(10)19-13/h3-6,8H,2,7,9H2,1H3,(H,17,20)(H,18,21). The number of nitrogens with zero attached hydrogens (tertiary/aromatic N) is 1. The average molecular weight is 306 g/mol. The Morgan fingerprint density at radius 1 is 1.24 bits per heavy atom. The molecule has 0 aliphatic carbocycles. The molecule has 0 unspecified atom stereocenters. The third kappa shape index (κ3) is 3.92. The smallest absolute Gasteiger partial charge is 0.270 e. The minimum absolute atomic E-state index is 0.0784. The van der Waals surface area contributed by atoms with Crippen LogP contribution in [0, 0.1) is 0 Å². The molecule has 0 bridgehead atoms. The molecule has 0 saturated heterocycles. The Hall–Kier alpha value is -2.14.